The zero-order chi connectivity index (χ0) is 9.56. The molecule has 4 N–H and O–H groups in total. The maximum atomic E-state index is 5.66. The van der Waals surface area contributed by atoms with Crippen LogP contribution in [0.1, 0.15) is 13.8 Å². The maximum absolute atomic E-state index is 5.66. The van der Waals surface area contributed by atoms with Crippen LogP contribution in [0.5, 0.6) is 0 Å². The van der Waals surface area contributed by atoms with Crippen LogP contribution in [0.3, 0.4) is 0 Å². The molecule has 66 valence electrons. The van der Waals surface area contributed by atoms with Crippen molar-refractivity contribution < 1.29 is 0 Å². The summed E-state index contributed by atoms with van der Waals surface area (Å²) in [5, 5.41) is 0. The molecule has 0 aliphatic rings. The predicted molar refractivity (Wildman–Crippen MR) is 53.5 cm³/mol. The monoisotopic (exact) mass is 165 g/mol. The van der Waals surface area contributed by atoms with Gasteiger partial charge < -0.3 is 11.5 Å². The van der Waals surface area contributed by atoms with Crippen LogP contribution in [-0.2, 0) is 0 Å². The lowest BCUT2D eigenvalue weighted by Crippen LogP contribution is -2.15. The SMILES string of the molecule is C=CN=C(/C=C\C)C(N)=C(C)N. The van der Waals surface area contributed by atoms with Gasteiger partial charge in [0, 0.05) is 11.9 Å². The first-order valence-corrected chi connectivity index (χ1v) is 3.67. The second-order valence-electron chi connectivity index (χ2n) is 2.29. The van der Waals surface area contributed by atoms with Crippen LogP contribution >= 0.6 is 0 Å². The van der Waals surface area contributed by atoms with Crippen LogP contribution in [-0.4, -0.2) is 5.71 Å². The molecule has 3 nitrogen and oxygen atoms in total. The third-order valence-corrected chi connectivity index (χ3v) is 1.26. The van der Waals surface area contributed by atoms with E-state index in [0.29, 0.717) is 17.1 Å². The fraction of sp³-hybridized carbons (Fsp3) is 0.222. The van der Waals surface area contributed by atoms with E-state index in [9.17, 15) is 0 Å². The van der Waals surface area contributed by atoms with Gasteiger partial charge >= 0.3 is 0 Å². The van der Waals surface area contributed by atoms with Gasteiger partial charge in [0.05, 0.1) is 11.4 Å². The zero-order valence-electron chi connectivity index (χ0n) is 7.54. The van der Waals surface area contributed by atoms with Crippen molar-refractivity contribution in [2.75, 3.05) is 0 Å². The Bertz CT molecular complexity index is 242. The second-order valence-corrected chi connectivity index (χ2v) is 2.29. The van der Waals surface area contributed by atoms with E-state index < -0.39 is 0 Å². The van der Waals surface area contributed by atoms with E-state index in [1.54, 1.807) is 13.0 Å². The summed E-state index contributed by atoms with van der Waals surface area (Å²) in [6.45, 7) is 7.10. The molecule has 0 bridgehead atoms. The summed E-state index contributed by atoms with van der Waals surface area (Å²) in [6.07, 6.45) is 5.07. The summed E-state index contributed by atoms with van der Waals surface area (Å²) in [7, 11) is 0. The second kappa shape index (κ2) is 5.18. The number of allylic oxidation sites excluding steroid dienone is 3. The van der Waals surface area contributed by atoms with Gasteiger partial charge in [-0.1, -0.05) is 12.7 Å². The van der Waals surface area contributed by atoms with Gasteiger partial charge in [0.1, 0.15) is 0 Å². The van der Waals surface area contributed by atoms with Crippen molar-refractivity contribution in [2.45, 2.75) is 13.8 Å². The molecule has 0 rings (SSSR count). The molecule has 0 spiro atoms. The van der Waals surface area contributed by atoms with Crippen LogP contribution in [0.4, 0.5) is 0 Å². The minimum Gasteiger partial charge on any atom is -0.401 e. The molecule has 0 aromatic carbocycles. The maximum Gasteiger partial charge on any atom is 0.0872 e. The lowest BCUT2D eigenvalue weighted by atomic mass is 10.2. The van der Waals surface area contributed by atoms with E-state index >= 15 is 0 Å². The highest BCUT2D eigenvalue weighted by Crippen LogP contribution is 1.97. The Labute approximate surface area is 73.2 Å². The van der Waals surface area contributed by atoms with Crippen LogP contribution in [0.25, 0.3) is 0 Å². The molecule has 0 radical (unpaired) electrons. The molecule has 0 aliphatic carbocycles. The molecule has 0 amide bonds. The Hall–Kier alpha value is -1.51. The Balaban J connectivity index is 4.89. The fourth-order valence-electron chi connectivity index (χ4n) is 0.661. The Kier molecular flexibility index (Phi) is 4.53. The smallest absolute Gasteiger partial charge is 0.0872 e. The number of hydrogen-bond acceptors (Lipinski definition) is 3. The first kappa shape index (κ1) is 10.5. The molecule has 0 fully saturated rings. The van der Waals surface area contributed by atoms with Crippen molar-refractivity contribution in [1.29, 1.82) is 0 Å². The Morgan fingerprint density at radius 3 is 2.33 bits per heavy atom. The van der Waals surface area contributed by atoms with Gasteiger partial charge in [0.15, 0.2) is 0 Å². The molecule has 0 atom stereocenters. The van der Waals surface area contributed by atoms with Crippen molar-refractivity contribution in [2.24, 2.45) is 16.5 Å². The van der Waals surface area contributed by atoms with Gasteiger partial charge in [-0.05, 0) is 19.9 Å². The minimum absolute atomic E-state index is 0.494. The molecule has 0 heterocycles. The van der Waals surface area contributed by atoms with Gasteiger partial charge in [-0.3, -0.25) is 4.99 Å². The van der Waals surface area contributed by atoms with Crippen LogP contribution < -0.4 is 11.5 Å². The molecule has 0 unspecified atom stereocenters. The van der Waals surface area contributed by atoms with E-state index in [1.807, 2.05) is 13.0 Å². The normalized spacial score (nSPS) is 14.7. The average Bonchev–Trinajstić information content (AvgIpc) is 2.03. The highest BCUT2D eigenvalue weighted by Gasteiger charge is 1.99. The molecule has 0 aromatic rings. The largest absolute Gasteiger partial charge is 0.401 e. The van der Waals surface area contributed by atoms with E-state index in [2.05, 4.69) is 11.6 Å². The molecule has 12 heavy (non-hydrogen) atoms. The van der Waals surface area contributed by atoms with Crippen LogP contribution in [0, 0.1) is 0 Å². The number of nitrogens with zero attached hydrogens (tertiary/aromatic N) is 1. The van der Waals surface area contributed by atoms with Gasteiger partial charge in [-0.25, -0.2) is 0 Å². The zero-order valence-corrected chi connectivity index (χ0v) is 7.54. The first-order chi connectivity index (χ1) is 5.63. The third-order valence-electron chi connectivity index (χ3n) is 1.26. The summed E-state index contributed by atoms with van der Waals surface area (Å²) in [4.78, 5) is 3.97. The van der Waals surface area contributed by atoms with E-state index in [-0.39, 0.29) is 0 Å². The Morgan fingerprint density at radius 1 is 1.42 bits per heavy atom. The summed E-state index contributed by atoms with van der Waals surface area (Å²) < 4.78 is 0. The lowest BCUT2D eigenvalue weighted by Gasteiger charge is -2.01. The van der Waals surface area contributed by atoms with E-state index in [0.717, 1.165) is 0 Å². The summed E-state index contributed by atoms with van der Waals surface area (Å²) in [5.74, 6) is 0. The molecule has 0 saturated heterocycles. The molecule has 0 aliphatic heterocycles. The van der Waals surface area contributed by atoms with E-state index in [1.165, 1.54) is 6.20 Å². The standard InChI is InChI=1S/C9H15N3/c1-4-6-8(12-5-2)9(11)7(3)10/h4-6H,2,10-11H2,1,3H3/b6-4-,9-7?,12-8?. The van der Waals surface area contributed by atoms with Crippen LogP contribution in [0.2, 0.25) is 0 Å². The van der Waals surface area contributed by atoms with Gasteiger partial charge in [0.25, 0.3) is 0 Å². The van der Waals surface area contributed by atoms with Crippen molar-refractivity contribution in [3.63, 3.8) is 0 Å². The summed E-state index contributed by atoms with van der Waals surface area (Å²) >= 11 is 0. The number of aliphatic imine (C=N–C) groups is 1. The Morgan fingerprint density at radius 2 is 2.00 bits per heavy atom. The number of nitrogens with two attached hydrogens (primary N) is 2. The summed E-state index contributed by atoms with van der Waals surface area (Å²) in [5.41, 5.74) is 12.9. The molecule has 0 saturated carbocycles. The minimum atomic E-state index is 0.494. The van der Waals surface area contributed by atoms with Gasteiger partial charge in [-0.2, -0.15) is 0 Å². The van der Waals surface area contributed by atoms with E-state index in [4.69, 9.17) is 11.5 Å². The van der Waals surface area contributed by atoms with Crippen molar-refractivity contribution >= 4 is 5.71 Å². The van der Waals surface area contributed by atoms with Gasteiger partial charge in [0.2, 0.25) is 0 Å². The van der Waals surface area contributed by atoms with Gasteiger partial charge in [-0.15, -0.1) is 0 Å². The van der Waals surface area contributed by atoms with Crippen molar-refractivity contribution in [3.8, 4) is 0 Å². The highest BCUT2D eigenvalue weighted by molar-refractivity contribution is 6.08. The number of hydrogen-bond donors (Lipinski definition) is 2. The average molecular weight is 165 g/mol. The quantitative estimate of drug-likeness (QED) is 0.619. The third kappa shape index (κ3) is 3.05. The van der Waals surface area contributed by atoms with Crippen molar-refractivity contribution in [1.82, 2.24) is 0 Å². The first-order valence-electron chi connectivity index (χ1n) is 3.67. The molecular formula is C9H15N3. The topological polar surface area (TPSA) is 64.4 Å². The molecule has 0 aromatic heterocycles. The van der Waals surface area contributed by atoms with Crippen LogP contribution in [0.15, 0.2) is 41.3 Å². The number of rotatable bonds is 3. The lowest BCUT2D eigenvalue weighted by molar-refractivity contribution is 1.23. The fourth-order valence-corrected chi connectivity index (χ4v) is 0.661. The molecule has 3 heteroatoms. The highest BCUT2D eigenvalue weighted by atomic mass is 14.8. The summed E-state index contributed by atoms with van der Waals surface area (Å²) in [6, 6.07) is 0. The van der Waals surface area contributed by atoms with Crippen molar-refractivity contribution in [3.05, 3.63) is 36.3 Å². The predicted octanol–water partition coefficient (Wildman–Crippen LogP) is 1.30. The molecular weight excluding hydrogens is 150 g/mol.